The van der Waals surface area contributed by atoms with Gasteiger partial charge in [0.15, 0.2) is 0 Å². The van der Waals surface area contributed by atoms with E-state index < -0.39 is 5.97 Å². The molecule has 0 saturated carbocycles. The van der Waals surface area contributed by atoms with Crippen molar-refractivity contribution in [2.75, 3.05) is 20.8 Å². The van der Waals surface area contributed by atoms with E-state index in [0.717, 1.165) is 5.56 Å². The van der Waals surface area contributed by atoms with Crippen LogP contribution in [0.5, 0.6) is 17.2 Å². The number of rotatable bonds is 4. The number of hydrogen-bond donors (Lipinski definition) is 0. The van der Waals surface area contributed by atoms with Crippen LogP contribution < -0.4 is 14.2 Å². The first kappa shape index (κ1) is 17.1. The fraction of sp³-hybridized carbons (Fsp3) is 0.222. The van der Waals surface area contributed by atoms with Gasteiger partial charge in [-0.3, -0.25) is 0 Å². The van der Waals surface area contributed by atoms with Crippen molar-refractivity contribution in [2.24, 2.45) is 5.16 Å². The summed E-state index contributed by atoms with van der Waals surface area (Å²) < 4.78 is 15.9. The minimum atomic E-state index is -0.645. The molecule has 0 saturated heterocycles. The van der Waals surface area contributed by atoms with Crippen LogP contribution in [0.4, 0.5) is 0 Å². The Labute approximate surface area is 149 Å². The molecule has 0 radical (unpaired) electrons. The van der Waals surface area contributed by atoms with E-state index in [1.54, 1.807) is 31.4 Å². The second kappa shape index (κ2) is 7.44. The summed E-state index contributed by atoms with van der Waals surface area (Å²) in [5.41, 5.74) is 1.59. The van der Waals surface area contributed by atoms with E-state index in [4.69, 9.17) is 30.6 Å². The van der Waals surface area contributed by atoms with Crippen LogP contribution in [0.25, 0.3) is 0 Å². The fourth-order valence-corrected chi connectivity index (χ4v) is 2.63. The van der Waals surface area contributed by atoms with E-state index in [9.17, 15) is 4.79 Å². The van der Waals surface area contributed by atoms with Gasteiger partial charge in [0, 0.05) is 23.1 Å². The Kier molecular flexibility index (Phi) is 5.09. The first-order valence-electron chi connectivity index (χ1n) is 7.55. The van der Waals surface area contributed by atoms with Gasteiger partial charge in [0.1, 0.15) is 22.8 Å². The zero-order valence-electron chi connectivity index (χ0n) is 13.7. The highest BCUT2D eigenvalue weighted by Crippen LogP contribution is 2.30. The van der Waals surface area contributed by atoms with Crippen molar-refractivity contribution in [3.8, 4) is 17.2 Å². The molecule has 2 aromatic carbocycles. The Hall–Kier alpha value is -2.73. The average molecular weight is 362 g/mol. The first-order valence-corrected chi connectivity index (χ1v) is 7.93. The summed E-state index contributed by atoms with van der Waals surface area (Å²) in [6.07, 6.45) is 0.527. The van der Waals surface area contributed by atoms with Crippen LogP contribution in [0, 0.1) is 0 Å². The highest BCUT2D eigenvalue weighted by molar-refractivity contribution is 6.31. The molecule has 130 valence electrons. The zero-order valence-corrected chi connectivity index (χ0v) is 14.5. The minimum absolute atomic E-state index is 0.210. The van der Waals surface area contributed by atoms with Crippen molar-refractivity contribution >= 4 is 23.3 Å². The predicted octanol–water partition coefficient (Wildman–Crippen LogP) is 3.70. The van der Waals surface area contributed by atoms with Gasteiger partial charge < -0.3 is 19.0 Å². The average Bonchev–Trinajstić information content (AvgIpc) is 2.65. The smallest absolute Gasteiger partial charge is 0.369 e. The van der Waals surface area contributed by atoms with Gasteiger partial charge >= 0.3 is 5.97 Å². The summed E-state index contributed by atoms with van der Waals surface area (Å²) in [6.45, 7) is 0.442. The number of hydrogen-bond acceptors (Lipinski definition) is 6. The van der Waals surface area contributed by atoms with Crippen LogP contribution in [0.3, 0.4) is 0 Å². The number of nitrogens with zero attached hydrogens (tertiary/aromatic N) is 1. The van der Waals surface area contributed by atoms with Gasteiger partial charge in [-0.2, -0.15) is 0 Å². The molecule has 2 aromatic rings. The van der Waals surface area contributed by atoms with Gasteiger partial charge in [0.2, 0.25) is 0 Å². The molecule has 1 aliphatic rings. The molecule has 0 amide bonds. The third-order valence-corrected chi connectivity index (χ3v) is 3.95. The van der Waals surface area contributed by atoms with Gasteiger partial charge in [-0.05, 0) is 30.3 Å². The maximum atomic E-state index is 12.3. The number of fused-ring (bicyclic) bond motifs is 1. The Morgan fingerprint density at radius 2 is 2.00 bits per heavy atom. The predicted molar refractivity (Wildman–Crippen MR) is 93.1 cm³/mol. The van der Waals surface area contributed by atoms with Crippen LogP contribution in [0.2, 0.25) is 5.02 Å². The lowest BCUT2D eigenvalue weighted by Gasteiger charge is -2.19. The number of oxime groups is 1. The normalized spacial score (nSPS) is 14.4. The second-order valence-electron chi connectivity index (χ2n) is 5.22. The number of halogens is 1. The summed E-state index contributed by atoms with van der Waals surface area (Å²) in [4.78, 5) is 17.4. The summed E-state index contributed by atoms with van der Waals surface area (Å²) in [5.74, 6) is 1.04. The van der Waals surface area contributed by atoms with Crippen molar-refractivity contribution in [3.63, 3.8) is 0 Å². The van der Waals surface area contributed by atoms with Crippen molar-refractivity contribution in [3.05, 3.63) is 52.5 Å². The highest BCUT2D eigenvalue weighted by Gasteiger charge is 2.20. The molecule has 1 aliphatic heterocycles. The molecule has 0 aliphatic carbocycles. The standard InChI is InChI=1S/C18H16ClNO5/c1-22-12-4-5-13-15(7-8-24-17(13)10-12)20-25-18(21)14-9-11(19)3-6-16(14)23-2/h3-6,9-10H,7-8H2,1-2H3/b20-15-. The first-order chi connectivity index (χ1) is 12.1. The topological polar surface area (TPSA) is 66.3 Å². The van der Waals surface area contributed by atoms with Crippen LogP contribution in [0.15, 0.2) is 41.6 Å². The Morgan fingerprint density at radius 1 is 1.16 bits per heavy atom. The molecule has 1 heterocycles. The summed E-state index contributed by atoms with van der Waals surface area (Å²) in [5, 5.41) is 4.42. The molecule has 0 atom stereocenters. The van der Waals surface area contributed by atoms with E-state index in [1.807, 2.05) is 6.07 Å². The van der Waals surface area contributed by atoms with E-state index in [0.29, 0.717) is 41.0 Å². The number of carbonyl (C=O) groups is 1. The molecule has 0 unspecified atom stereocenters. The van der Waals surface area contributed by atoms with Crippen molar-refractivity contribution in [2.45, 2.75) is 6.42 Å². The van der Waals surface area contributed by atoms with Crippen LogP contribution in [-0.2, 0) is 4.84 Å². The second-order valence-corrected chi connectivity index (χ2v) is 5.66. The molecule has 0 aromatic heterocycles. The third kappa shape index (κ3) is 3.69. The van der Waals surface area contributed by atoms with Gasteiger partial charge in [-0.1, -0.05) is 16.8 Å². The van der Waals surface area contributed by atoms with Gasteiger partial charge in [-0.15, -0.1) is 0 Å². The monoisotopic (exact) mass is 361 g/mol. The molecular weight excluding hydrogens is 346 g/mol. The lowest BCUT2D eigenvalue weighted by Crippen LogP contribution is -2.17. The van der Waals surface area contributed by atoms with Gasteiger partial charge in [0.05, 0.1) is 26.5 Å². The molecule has 3 rings (SSSR count). The Balaban J connectivity index is 1.84. The number of benzene rings is 2. The maximum absolute atomic E-state index is 12.3. The van der Waals surface area contributed by atoms with Gasteiger partial charge in [0.25, 0.3) is 0 Å². The Bertz CT molecular complexity index is 834. The van der Waals surface area contributed by atoms with Crippen LogP contribution >= 0.6 is 11.6 Å². The summed E-state index contributed by atoms with van der Waals surface area (Å²) in [7, 11) is 3.05. The fourth-order valence-electron chi connectivity index (χ4n) is 2.46. The van der Waals surface area contributed by atoms with E-state index in [-0.39, 0.29) is 5.56 Å². The van der Waals surface area contributed by atoms with Crippen molar-refractivity contribution in [1.82, 2.24) is 0 Å². The van der Waals surface area contributed by atoms with E-state index >= 15 is 0 Å². The van der Waals surface area contributed by atoms with E-state index in [1.165, 1.54) is 13.2 Å². The van der Waals surface area contributed by atoms with Gasteiger partial charge in [-0.25, -0.2) is 4.79 Å². The minimum Gasteiger partial charge on any atom is -0.497 e. The molecule has 25 heavy (non-hydrogen) atoms. The maximum Gasteiger partial charge on any atom is 0.369 e. The lowest BCUT2D eigenvalue weighted by atomic mass is 10.0. The number of ether oxygens (including phenoxy) is 3. The molecular formula is C18H16ClNO5. The molecule has 0 spiro atoms. The quantitative estimate of drug-likeness (QED) is 0.613. The van der Waals surface area contributed by atoms with Crippen molar-refractivity contribution < 1.29 is 23.8 Å². The number of methoxy groups -OCH3 is 2. The summed E-state index contributed by atoms with van der Waals surface area (Å²) >= 11 is 5.93. The lowest BCUT2D eigenvalue weighted by molar-refractivity contribution is 0.0511. The summed E-state index contributed by atoms with van der Waals surface area (Å²) in [6, 6.07) is 10.1. The SMILES string of the molecule is COc1ccc2c(c1)OCC/C2=N/OC(=O)c1cc(Cl)ccc1OC. The van der Waals surface area contributed by atoms with Crippen molar-refractivity contribution in [1.29, 1.82) is 0 Å². The Morgan fingerprint density at radius 3 is 2.76 bits per heavy atom. The zero-order chi connectivity index (χ0) is 17.8. The highest BCUT2D eigenvalue weighted by atomic mass is 35.5. The van der Waals surface area contributed by atoms with E-state index in [2.05, 4.69) is 5.16 Å². The van der Waals surface area contributed by atoms with Crippen LogP contribution in [-0.4, -0.2) is 32.5 Å². The third-order valence-electron chi connectivity index (χ3n) is 3.72. The number of carbonyl (C=O) groups excluding carboxylic acids is 1. The molecule has 0 N–H and O–H groups in total. The molecule has 7 heteroatoms. The van der Waals surface area contributed by atoms with Crippen LogP contribution in [0.1, 0.15) is 22.3 Å². The molecule has 0 bridgehead atoms. The molecule has 0 fully saturated rings. The molecule has 6 nitrogen and oxygen atoms in total. The largest absolute Gasteiger partial charge is 0.497 e.